The van der Waals surface area contributed by atoms with Crippen molar-refractivity contribution in [2.45, 2.75) is 26.8 Å². The molecule has 0 aliphatic carbocycles. The summed E-state index contributed by atoms with van der Waals surface area (Å²) in [6.45, 7) is 4.70. The summed E-state index contributed by atoms with van der Waals surface area (Å²) in [5, 5.41) is 0.990. The molecular formula is C14H18N2OS. The van der Waals surface area contributed by atoms with Gasteiger partial charge in [-0.3, -0.25) is 0 Å². The highest BCUT2D eigenvalue weighted by Gasteiger charge is 2.13. The van der Waals surface area contributed by atoms with Gasteiger partial charge < -0.3 is 10.5 Å². The van der Waals surface area contributed by atoms with E-state index in [-0.39, 0.29) is 0 Å². The fraction of sp³-hybridized carbons (Fsp3) is 0.357. The van der Waals surface area contributed by atoms with Crippen LogP contribution in [-0.4, -0.2) is 12.1 Å². The van der Waals surface area contributed by atoms with Gasteiger partial charge in [0.25, 0.3) is 0 Å². The fourth-order valence-corrected chi connectivity index (χ4v) is 2.97. The summed E-state index contributed by atoms with van der Waals surface area (Å²) in [4.78, 5) is 5.83. The van der Waals surface area contributed by atoms with Gasteiger partial charge in [-0.05, 0) is 31.0 Å². The summed E-state index contributed by atoms with van der Waals surface area (Å²) < 4.78 is 5.43. The Morgan fingerprint density at radius 2 is 2.17 bits per heavy atom. The summed E-state index contributed by atoms with van der Waals surface area (Å²) >= 11 is 1.66. The first-order valence-electron chi connectivity index (χ1n) is 6.03. The van der Waals surface area contributed by atoms with E-state index in [1.807, 2.05) is 6.07 Å². The zero-order valence-electron chi connectivity index (χ0n) is 11.0. The lowest BCUT2D eigenvalue weighted by Crippen LogP contribution is -1.96. The molecule has 18 heavy (non-hydrogen) atoms. The monoisotopic (exact) mass is 262 g/mol. The fourth-order valence-electron chi connectivity index (χ4n) is 1.91. The molecule has 0 amide bonds. The maximum absolute atomic E-state index is 5.75. The Balaban J connectivity index is 2.51. The molecule has 0 saturated carbocycles. The van der Waals surface area contributed by atoms with Crippen LogP contribution in [0.15, 0.2) is 18.2 Å². The predicted molar refractivity (Wildman–Crippen MR) is 76.1 cm³/mol. The Hall–Kier alpha value is -1.39. The molecule has 2 aromatic rings. The van der Waals surface area contributed by atoms with E-state index in [1.54, 1.807) is 18.4 Å². The normalized spacial score (nSPS) is 10.7. The number of benzene rings is 1. The van der Waals surface area contributed by atoms with E-state index in [9.17, 15) is 0 Å². The lowest BCUT2D eigenvalue weighted by molar-refractivity contribution is 0.416. The Labute approximate surface area is 112 Å². The number of aryl methyl sites for hydroxylation is 2. The number of rotatable bonds is 4. The zero-order chi connectivity index (χ0) is 13.1. The molecule has 1 aromatic heterocycles. The highest BCUT2D eigenvalue weighted by Crippen LogP contribution is 2.35. The molecule has 0 radical (unpaired) electrons. The Bertz CT molecular complexity index is 527. The molecular weight excluding hydrogens is 244 g/mol. The number of thiazole rings is 1. The van der Waals surface area contributed by atoms with Gasteiger partial charge in [0, 0.05) is 11.4 Å². The molecule has 3 nitrogen and oxygen atoms in total. The lowest BCUT2D eigenvalue weighted by atomic mass is 10.1. The van der Waals surface area contributed by atoms with E-state index >= 15 is 0 Å². The summed E-state index contributed by atoms with van der Waals surface area (Å²) in [6.07, 6.45) is 0.914. The molecule has 2 rings (SSSR count). The third-order valence-electron chi connectivity index (χ3n) is 2.89. The van der Waals surface area contributed by atoms with Crippen molar-refractivity contribution in [3.8, 4) is 16.3 Å². The van der Waals surface area contributed by atoms with Crippen LogP contribution in [0.25, 0.3) is 10.6 Å². The zero-order valence-corrected chi connectivity index (χ0v) is 11.8. The van der Waals surface area contributed by atoms with Crippen molar-refractivity contribution < 1.29 is 4.74 Å². The van der Waals surface area contributed by atoms with Crippen molar-refractivity contribution in [3.05, 3.63) is 34.3 Å². The third kappa shape index (κ3) is 2.40. The van der Waals surface area contributed by atoms with Crippen LogP contribution in [0.1, 0.15) is 23.1 Å². The largest absolute Gasteiger partial charge is 0.496 e. The third-order valence-corrected chi connectivity index (χ3v) is 4.04. The first-order chi connectivity index (χ1) is 8.69. The molecule has 0 unspecified atom stereocenters. The number of nitrogens with two attached hydrogens (primary N) is 1. The van der Waals surface area contributed by atoms with Crippen molar-refractivity contribution in [1.82, 2.24) is 4.98 Å². The average molecular weight is 262 g/mol. The molecule has 4 heteroatoms. The molecule has 0 atom stereocenters. The van der Waals surface area contributed by atoms with Crippen molar-refractivity contribution in [3.63, 3.8) is 0 Å². The molecule has 96 valence electrons. The first kappa shape index (κ1) is 13.1. The van der Waals surface area contributed by atoms with Gasteiger partial charge in [-0.1, -0.05) is 13.0 Å². The number of methoxy groups -OCH3 is 1. The van der Waals surface area contributed by atoms with Crippen LogP contribution in [0.4, 0.5) is 0 Å². The topological polar surface area (TPSA) is 48.1 Å². The van der Waals surface area contributed by atoms with Gasteiger partial charge in [-0.2, -0.15) is 0 Å². The Kier molecular flexibility index (Phi) is 3.99. The van der Waals surface area contributed by atoms with Crippen LogP contribution >= 0.6 is 11.3 Å². The maximum atomic E-state index is 5.75. The van der Waals surface area contributed by atoms with E-state index < -0.39 is 0 Å². The van der Waals surface area contributed by atoms with Crippen LogP contribution in [0.5, 0.6) is 5.75 Å². The first-order valence-corrected chi connectivity index (χ1v) is 6.84. The van der Waals surface area contributed by atoms with Gasteiger partial charge in [0.1, 0.15) is 10.8 Å². The molecule has 2 N–H and O–H groups in total. The van der Waals surface area contributed by atoms with Gasteiger partial charge in [0.05, 0.1) is 18.4 Å². The summed E-state index contributed by atoms with van der Waals surface area (Å²) in [7, 11) is 1.69. The lowest BCUT2D eigenvalue weighted by Gasteiger charge is -2.06. The Morgan fingerprint density at radius 3 is 2.72 bits per heavy atom. The number of nitrogens with zero attached hydrogens (tertiary/aromatic N) is 1. The van der Waals surface area contributed by atoms with Gasteiger partial charge in [-0.15, -0.1) is 11.3 Å². The molecule has 1 aromatic carbocycles. The molecule has 0 aliphatic heterocycles. The standard InChI is InChI=1S/C14H18N2OS/c1-4-11-13(8-15)18-14(16-11)10-6-5-9(2)7-12(10)17-3/h5-7H,4,8,15H2,1-3H3. The SMILES string of the molecule is CCc1nc(-c2ccc(C)cc2OC)sc1CN. The molecule has 0 fully saturated rings. The van der Waals surface area contributed by atoms with E-state index in [0.717, 1.165) is 33.3 Å². The molecule has 0 saturated heterocycles. The quantitative estimate of drug-likeness (QED) is 0.920. The number of hydrogen-bond donors (Lipinski definition) is 1. The second-order valence-corrected chi connectivity index (χ2v) is 5.23. The van der Waals surface area contributed by atoms with Crippen molar-refractivity contribution >= 4 is 11.3 Å². The minimum absolute atomic E-state index is 0.551. The minimum atomic E-state index is 0.551. The smallest absolute Gasteiger partial charge is 0.129 e. The minimum Gasteiger partial charge on any atom is -0.496 e. The predicted octanol–water partition coefficient (Wildman–Crippen LogP) is 3.15. The average Bonchev–Trinajstić information content (AvgIpc) is 2.81. The van der Waals surface area contributed by atoms with Gasteiger partial charge >= 0.3 is 0 Å². The van der Waals surface area contributed by atoms with Crippen LogP contribution in [0.2, 0.25) is 0 Å². The van der Waals surface area contributed by atoms with E-state index in [0.29, 0.717) is 6.54 Å². The summed E-state index contributed by atoms with van der Waals surface area (Å²) in [6, 6.07) is 6.17. The van der Waals surface area contributed by atoms with Gasteiger partial charge in [-0.25, -0.2) is 4.98 Å². The van der Waals surface area contributed by atoms with Crippen LogP contribution in [0.3, 0.4) is 0 Å². The van der Waals surface area contributed by atoms with Crippen molar-refractivity contribution in [1.29, 1.82) is 0 Å². The van der Waals surface area contributed by atoms with Crippen LogP contribution in [0, 0.1) is 6.92 Å². The molecule has 0 aliphatic rings. The van der Waals surface area contributed by atoms with E-state index in [2.05, 4.69) is 31.0 Å². The second kappa shape index (κ2) is 5.50. The maximum Gasteiger partial charge on any atom is 0.129 e. The van der Waals surface area contributed by atoms with Crippen LogP contribution < -0.4 is 10.5 Å². The van der Waals surface area contributed by atoms with Crippen molar-refractivity contribution in [2.24, 2.45) is 5.73 Å². The van der Waals surface area contributed by atoms with Crippen LogP contribution in [-0.2, 0) is 13.0 Å². The van der Waals surface area contributed by atoms with E-state index in [1.165, 1.54) is 5.56 Å². The Morgan fingerprint density at radius 1 is 1.39 bits per heavy atom. The number of hydrogen-bond acceptors (Lipinski definition) is 4. The van der Waals surface area contributed by atoms with Gasteiger partial charge in [0.15, 0.2) is 0 Å². The van der Waals surface area contributed by atoms with Gasteiger partial charge in [0.2, 0.25) is 0 Å². The molecule has 0 spiro atoms. The summed E-state index contributed by atoms with van der Waals surface area (Å²) in [5.74, 6) is 0.870. The van der Waals surface area contributed by atoms with E-state index in [4.69, 9.17) is 10.5 Å². The molecule has 0 bridgehead atoms. The highest BCUT2D eigenvalue weighted by atomic mass is 32.1. The second-order valence-electron chi connectivity index (χ2n) is 4.15. The highest BCUT2D eigenvalue weighted by molar-refractivity contribution is 7.15. The van der Waals surface area contributed by atoms with Crippen molar-refractivity contribution in [2.75, 3.05) is 7.11 Å². The summed E-state index contributed by atoms with van der Waals surface area (Å²) in [5.41, 5.74) is 9.08. The number of aromatic nitrogens is 1. The number of ether oxygens (including phenoxy) is 1. The molecule has 1 heterocycles.